The Labute approximate surface area is 94.0 Å². The molecule has 3 heteroatoms. The summed E-state index contributed by atoms with van der Waals surface area (Å²) in [6, 6.07) is 3.99. The second-order valence-corrected chi connectivity index (χ2v) is 4.74. The van der Waals surface area contributed by atoms with Crippen molar-refractivity contribution in [2.24, 2.45) is 0 Å². The summed E-state index contributed by atoms with van der Waals surface area (Å²) in [5, 5.41) is 0. The zero-order valence-corrected chi connectivity index (χ0v) is 10.1. The van der Waals surface area contributed by atoms with E-state index < -0.39 is 0 Å². The number of rotatable bonds is 5. The van der Waals surface area contributed by atoms with Crippen LogP contribution < -0.4 is 5.73 Å². The van der Waals surface area contributed by atoms with Gasteiger partial charge in [0.15, 0.2) is 0 Å². The molecule has 0 saturated heterocycles. The predicted octanol–water partition coefficient (Wildman–Crippen LogP) is 3.16. The molecule has 1 aromatic rings. The molecule has 0 aliphatic heterocycles. The molecule has 0 aromatic carbocycles. The van der Waals surface area contributed by atoms with Gasteiger partial charge in [-0.2, -0.15) is 0 Å². The third-order valence-corrected chi connectivity index (χ3v) is 3.44. The van der Waals surface area contributed by atoms with Crippen molar-refractivity contribution in [2.75, 3.05) is 5.73 Å². The van der Waals surface area contributed by atoms with Crippen molar-refractivity contribution < 1.29 is 0 Å². The van der Waals surface area contributed by atoms with Gasteiger partial charge in [0.2, 0.25) is 0 Å². The van der Waals surface area contributed by atoms with Crippen LogP contribution in [-0.4, -0.2) is 9.81 Å². The number of hydrogen-bond donors (Lipinski definition) is 1. The lowest BCUT2D eigenvalue weighted by Gasteiger charge is -2.07. The van der Waals surface area contributed by atoms with Crippen LogP contribution in [0.25, 0.3) is 0 Å². The van der Waals surface area contributed by atoms with Crippen molar-refractivity contribution in [1.82, 2.24) is 4.98 Å². The molecule has 0 spiro atoms. The molecule has 0 amide bonds. The van der Waals surface area contributed by atoms with Crippen molar-refractivity contribution in [3.05, 3.63) is 23.9 Å². The van der Waals surface area contributed by atoms with Gasteiger partial charge in [-0.3, -0.25) is 0 Å². The van der Waals surface area contributed by atoms with E-state index in [-0.39, 0.29) is 0 Å². The maximum atomic E-state index is 5.75. The third kappa shape index (κ3) is 3.66. The van der Waals surface area contributed by atoms with Crippen LogP contribution in [0.4, 0.5) is 5.82 Å². The van der Waals surface area contributed by atoms with Crippen molar-refractivity contribution in [3.8, 4) is 0 Å². The summed E-state index contributed by atoms with van der Waals surface area (Å²) >= 11 is 3.62. The van der Waals surface area contributed by atoms with Crippen LogP contribution in [0, 0.1) is 0 Å². The molecule has 0 saturated carbocycles. The molecular formula is C11H17BrN2. The van der Waals surface area contributed by atoms with Crippen LogP contribution in [0.3, 0.4) is 0 Å². The van der Waals surface area contributed by atoms with Crippen LogP contribution >= 0.6 is 15.9 Å². The average molecular weight is 257 g/mol. The first kappa shape index (κ1) is 11.5. The minimum Gasteiger partial charge on any atom is -0.383 e. The highest BCUT2D eigenvalue weighted by atomic mass is 79.9. The third-order valence-electron chi connectivity index (χ3n) is 2.33. The van der Waals surface area contributed by atoms with E-state index in [0.29, 0.717) is 10.6 Å². The molecule has 14 heavy (non-hydrogen) atoms. The normalized spacial score (nSPS) is 12.7. The Hall–Kier alpha value is -0.570. The average Bonchev–Trinajstić information content (AvgIpc) is 2.20. The zero-order chi connectivity index (χ0) is 10.4. The first-order valence-electron chi connectivity index (χ1n) is 5.07. The lowest BCUT2D eigenvalue weighted by atomic mass is 10.1. The fourth-order valence-electron chi connectivity index (χ4n) is 1.38. The van der Waals surface area contributed by atoms with Crippen LogP contribution in [0.5, 0.6) is 0 Å². The number of nitrogen functional groups attached to an aromatic ring is 1. The topological polar surface area (TPSA) is 38.9 Å². The van der Waals surface area contributed by atoms with Crippen LogP contribution in [-0.2, 0) is 6.42 Å². The van der Waals surface area contributed by atoms with Crippen LogP contribution in [0.1, 0.15) is 31.7 Å². The van der Waals surface area contributed by atoms with E-state index in [9.17, 15) is 0 Å². The number of hydrogen-bond acceptors (Lipinski definition) is 2. The Morgan fingerprint density at radius 1 is 1.57 bits per heavy atom. The fourth-order valence-corrected chi connectivity index (χ4v) is 1.70. The molecule has 1 aromatic heterocycles. The zero-order valence-electron chi connectivity index (χ0n) is 8.54. The fraction of sp³-hybridized carbons (Fsp3) is 0.545. The van der Waals surface area contributed by atoms with Gasteiger partial charge in [-0.05, 0) is 37.3 Å². The monoisotopic (exact) mass is 256 g/mol. The van der Waals surface area contributed by atoms with Gasteiger partial charge < -0.3 is 5.73 Å². The molecular weight excluding hydrogens is 240 g/mol. The second-order valence-electron chi connectivity index (χ2n) is 3.45. The molecule has 1 unspecified atom stereocenters. The summed E-state index contributed by atoms with van der Waals surface area (Å²) in [5.74, 6) is 0.676. The van der Waals surface area contributed by atoms with Crippen molar-refractivity contribution >= 4 is 21.7 Å². The molecule has 1 heterocycles. The maximum absolute atomic E-state index is 5.75. The molecule has 0 aliphatic carbocycles. The Morgan fingerprint density at radius 2 is 2.36 bits per heavy atom. The number of aryl methyl sites for hydroxylation is 1. The van der Waals surface area contributed by atoms with Crippen molar-refractivity contribution in [1.29, 1.82) is 0 Å². The first-order chi connectivity index (χ1) is 6.74. The van der Waals surface area contributed by atoms with E-state index in [4.69, 9.17) is 5.73 Å². The van der Waals surface area contributed by atoms with Gasteiger partial charge in [0.05, 0.1) is 0 Å². The first-order valence-corrected chi connectivity index (χ1v) is 5.99. The van der Waals surface area contributed by atoms with Crippen LogP contribution in [0.2, 0.25) is 0 Å². The van der Waals surface area contributed by atoms with Gasteiger partial charge >= 0.3 is 0 Å². The molecule has 78 valence electrons. The molecule has 0 fully saturated rings. The molecule has 1 rings (SSSR count). The highest BCUT2D eigenvalue weighted by Crippen LogP contribution is 2.16. The van der Waals surface area contributed by atoms with E-state index >= 15 is 0 Å². The SMILES string of the molecule is CCC(Br)CCCc1cccnc1N. The minimum absolute atomic E-state index is 0.639. The highest BCUT2D eigenvalue weighted by molar-refractivity contribution is 9.09. The lowest BCUT2D eigenvalue weighted by Crippen LogP contribution is -2.00. The minimum atomic E-state index is 0.639. The number of alkyl halides is 1. The van der Waals surface area contributed by atoms with Crippen molar-refractivity contribution in [3.63, 3.8) is 0 Å². The van der Waals surface area contributed by atoms with E-state index in [1.807, 2.05) is 6.07 Å². The number of halogens is 1. The number of pyridine rings is 1. The largest absolute Gasteiger partial charge is 0.383 e. The Bertz CT molecular complexity index is 276. The Kier molecular flexibility index (Phi) is 4.94. The number of aromatic nitrogens is 1. The Morgan fingerprint density at radius 3 is 3.00 bits per heavy atom. The molecule has 0 radical (unpaired) electrons. The molecule has 1 atom stereocenters. The van der Waals surface area contributed by atoms with E-state index in [1.165, 1.54) is 24.8 Å². The molecule has 2 nitrogen and oxygen atoms in total. The summed E-state index contributed by atoms with van der Waals surface area (Å²) in [6.45, 7) is 2.19. The summed E-state index contributed by atoms with van der Waals surface area (Å²) in [4.78, 5) is 4.70. The molecule has 2 N–H and O–H groups in total. The number of nitrogens with two attached hydrogens (primary N) is 1. The quantitative estimate of drug-likeness (QED) is 0.823. The molecule has 0 bridgehead atoms. The van der Waals surface area contributed by atoms with E-state index in [0.717, 1.165) is 6.42 Å². The standard InChI is InChI=1S/C11H17BrN2/c1-2-10(12)7-3-5-9-6-4-8-14-11(9)13/h4,6,8,10H,2-3,5,7H2,1H3,(H2,13,14). The van der Waals surface area contributed by atoms with Gasteiger partial charge in [0.1, 0.15) is 5.82 Å². The van der Waals surface area contributed by atoms with E-state index in [1.54, 1.807) is 6.20 Å². The van der Waals surface area contributed by atoms with Gasteiger partial charge in [0, 0.05) is 11.0 Å². The smallest absolute Gasteiger partial charge is 0.126 e. The molecule has 0 aliphatic rings. The predicted molar refractivity (Wildman–Crippen MR) is 64.6 cm³/mol. The van der Waals surface area contributed by atoms with Crippen LogP contribution in [0.15, 0.2) is 18.3 Å². The number of anilines is 1. The van der Waals surface area contributed by atoms with Crippen molar-refractivity contribution in [2.45, 2.75) is 37.4 Å². The second kappa shape index (κ2) is 6.02. The summed E-state index contributed by atoms with van der Waals surface area (Å²) in [5.41, 5.74) is 6.92. The summed E-state index contributed by atoms with van der Waals surface area (Å²) in [7, 11) is 0. The lowest BCUT2D eigenvalue weighted by molar-refractivity contribution is 0.689. The van der Waals surface area contributed by atoms with Gasteiger partial charge in [0.25, 0.3) is 0 Å². The highest BCUT2D eigenvalue weighted by Gasteiger charge is 2.02. The Balaban J connectivity index is 2.35. The maximum Gasteiger partial charge on any atom is 0.126 e. The van der Waals surface area contributed by atoms with E-state index in [2.05, 4.69) is 33.9 Å². The van der Waals surface area contributed by atoms with Gasteiger partial charge in [-0.15, -0.1) is 0 Å². The number of nitrogens with zero attached hydrogens (tertiary/aromatic N) is 1. The summed E-state index contributed by atoms with van der Waals surface area (Å²) in [6.07, 6.45) is 6.31. The summed E-state index contributed by atoms with van der Waals surface area (Å²) < 4.78 is 0. The van der Waals surface area contributed by atoms with Gasteiger partial charge in [-0.1, -0.05) is 28.9 Å². The van der Waals surface area contributed by atoms with Gasteiger partial charge in [-0.25, -0.2) is 4.98 Å².